The molecular formula is C19H33N3O3. The van der Waals surface area contributed by atoms with Crippen LogP contribution in [0.2, 0.25) is 0 Å². The number of urea groups is 1. The minimum Gasteiger partial charge on any atom is -0.352 e. The van der Waals surface area contributed by atoms with E-state index in [4.69, 9.17) is 0 Å². The average Bonchev–Trinajstić information content (AvgIpc) is 2.79. The fourth-order valence-corrected chi connectivity index (χ4v) is 4.05. The first-order chi connectivity index (χ1) is 11.9. The molecule has 2 aliphatic rings. The summed E-state index contributed by atoms with van der Waals surface area (Å²) >= 11 is 0. The highest BCUT2D eigenvalue weighted by Crippen LogP contribution is 2.38. The van der Waals surface area contributed by atoms with Crippen molar-refractivity contribution in [1.29, 1.82) is 0 Å². The number of carbonyl (C=O) groups is 3. The van der Waals surface area contributed by atoms with Crippen LogP contribution < -0.4 is 10.6 Å². The standard InChI is InChI=1S/C19H33N3O3/c1-4-5-6-7-11-15(3)20-16(23)13-22-17(24)19(21-18(22)25)12-9-8-10-14(19)2/h14-15H,4-13H2,1-3H3,(H,20,23)(H,21,25)/t14-,15-,19-/m0/s1. The molecule has 2 rings (SSSR count). The number of nitrogens with one attached hydrogen (secondary N) is 2. The maximum atomic E-state index is 12.8. The maximum Gasteiger partial charge on any atom is 0.325 e. The molecule has 2 fully saturated rings. The lowest BCUT2D eigenvalue weighted by atomic mass is 9.73. The molecule has 0 radical (unpaired) electrons. The molecule has 0 aromatic heterocycles. The summed E-state index contributed by atoms with van der Waals surface area (Å²) in [5, 5.41) is 5.80. The van der Waals surface area contributed by atoms with Crippen molar-refractivity contribution in [3.63, 3.8) is 0 Å². The third-order valence-corrected chi connectivity index (χ3v) is 5.70. The van der Waals surface area contributed by atoms with Crippen LogP contribution in [0.5, 0.6) is 0 Å². The SMILES string of the molecule is CCCCCC[C@H](C)NC(=O)CN1C(=O)N[C@]2(CCCC[C@@H]2C)C1=O. The molecule has 1 spiro atoms. The van der Waals surface area contributed by atoms with Gasteiger partial charge in [-0.3, -0.25) is 14.5 Å². The monoisotopic (exact) mass is 351 g/mol. The van der Waals surface area contributed by atoms with Gasteiger partial charge in [0, 0.05) is 6.04 Å². The van der Waals surface area contributed by atoms with Crippen molar-refractivity contribution in [1.82, 2.24) is 15.5 Å². The zero-order chi connectivity index (χ0) is 18.4. The maximum absolute atomic E-state index is 12.8. The molecule has 0 bridgehead atoms. The van der Waals surface area contributed by atoms with E-state index in [0.717, 1.165) is 37.0 Å². The van der Waals surface area contributed by atoms with Crippen molar-refractivity contribution in [2.24, 2.45) is 5.92 Å². The van der Waals surface area contributed by atoms with Gasteiger partial charge >= 0.3 is 6.03 Å². The number of unbranched alkanes of at least 4 members (excludes halogenated alkanes) is 3. The van der Waals surface area contributed by atoms with Gasteiger partial charge in [-0.15, -0.1) is 0 Å². The van der Waals surface area contributed by atoms with Gasteiger partial charge in [-0.2, -0.15) is 0 Å². The molecule has 1 saturated heterocycles. The quantitative estimate of drug-likeness (QED) is 0.521. The molecule has 1 saturated carbocycles. The smallest absolute Gasteiger partial charge is 0.325 e. The molecular weight excluding hydrogens is 318 g/mol. The molecule has 6 nitrogen and oxygen atoms in total. The van der Waals surface area contributed by atoms with Gasteiger partial charge in [-0.1, -0.05) is 52.4 Å². The largest absolute Gasteiger partial charge is 0.352 e. The van der Waals surface area contributed by atoms with Crippen molar-refractivity contribution in [3.05, 3.63) is 0 Å². The van der Waals surface area contributed by atoms with E-state index in [9.17, 15) is 14.4 Å². The highest BCUT2D eigenvalue weighted by Gasteiger charge is 2.55. The highest BCUT2D eigenvalue weighted by atomic mass is 16.2. The van der Waals surface area contributed by atoms with Crippen molar-refractivity contribution in [2.45, 2.75) is 90.1 Å². The Morgan fingerprint density at radius 2 is 2.08 bits per heavy atom. The van der Waals surface area contributed by atoms with E-state index in [2.05, 4.69) is 17.6 Å². The first-order valence-electron chi connectivity index (χ1n) is 9.84. The lowest BCUT2D eigenvalue weighted by Crippen LogP contribution is -2.54. The number of nitrogens with zero attached hydrogens (tertiary/aromatic N) is 1. The minimum absolute atomic E-state index is 0.0627. The zero-order valence-electron chi connectivity index (χ0n) is 15.9. The van der Waals surface area contributed by atoms with Crippen molar-refractivity contribution in [3.8, 4) is 0 Å². The Hall–Kier alpha value is -1.59. The van der Waals surface area contributed by atoms with Crippen molar-refractivity contribution >= 4 is 17.8 Å². The molecule has 0 aromatic carbocycles. The molecule has 1 heterocycles. The molecule has 25 heavy (non-hydrogen) atoms. The lowest BCUT2D eigenvalue weighted by Gasteiger charge is -2.36. The van der Waals surface area contributed by atoms with Crippen LogP contribution in [0.3, 0.4) is 0 Å². The van der Waals surface area contributed by atoms with Gasteiger partial charge in [0.25, 0.3) is 5.91 Å². The Balaban J connectivity index is 1.86. The van der Waals surface area contributed by atoms with Crippen LogP contribution in [-0.2, 0) is 9.59 Å². The molecule has 142 valence electrons. The van der Waals surface area contributed by atoms with Gasteiger partial charge in [-0.05, 0) is 32.1 Å². The number of amides is 4. The number of rotatable bonds is 8. The van der Waals surface area contributed by atoms with Crippen LogP contribution in [0.1, 0.15) is 78.6 Å². The van der Waals surface area contributed by atoms with Gasteiger partial charge in [0.05, 0.1) is 0 Å². The second-order valence-corrected chi connectivity index (χ2v) is 7.76. The first-order valence-corrected chi connectivity index (χ1v) is 9.84. The van der Waals surface area contributed by atoms with Gasteiger partial charge in [0.1, 0.15) is 12.1 Å². The summed E-state index contributed by atoms with van der Waals surface area (Å²) in [5.41, 5.74) is -0.790. The predicted molar refractivity (Wildman–Crippen MR) is 97.0 cm³/mol. The summed E-state index contributed by atoms with van der Waals surface area (Å²) in [6.07, 6.45) is 9.20. The van der Waals surface area contributed by atoms with Crippen LogP contribution in [0, 0.1) is 5.92 Å². The van der Waals surface area contributed by atoms with E-state index >= 15 is 0 Å². The summed E-state index contributed by atoms with van der Waals surface area (Å²) in [4.78, 5) is 38.5. The molecule has 3 atom stereocenters. The average molecular weight is 351 g/mol. The molecule has 6 heteroatoms. The second-order valence-electron chi connectivity index (χ2n) is 7.76. The topological polar surface area (TPSA) is 78.5 Å². The number of carbonyl (C=O) groups excluding carboxylic acids is 3. The van der Waals surface area contributed by atoms with E-state index < -0.39 is 11.6 Å². The van der Waals surface area contributed by atoms with E-state index in [0.29, 0.717) is 6.42 Å². The van der Waals surface area contributed by atoms with Gasteiger partial charge in [0.2, 0.25) is 5.91 Å². The molecule has 1 aliphatic heterocycles. The lowest BCUT2D eigenvalue weighted by molar-refractivity contribution is -0.137. The van der Waals surface area contributed by atoms with Gasteiger partial charge in [-0.25, -0.2) is 4.79 Å². The van der Waals surface area contributed by atoms with Crippen LogP contribution in [0.4, 0.5) is 4.79 Å². The Morgan fingerprint density at radius 3 is 2.76 bits per heavy atom. The highest BCUT2D eigenvalue weighted by molar-refractivity contribution is 6.09. The van der Waals surface area contributed by atoms with E-state index in [-0.39, 0.29) is 30.3 Å². The molecule has 2 N–H and O–H groups in total. The van der Waals surface area contributed by atoms with E-state index in [1.165, 1.54) is 19.3 Å². The summed E-state index contributed by atoms with van der Waals surface area (Å²) in [5.74, 6) is -0.370. The Morgan fingerprint density at radius 1 is 1.32 bits per heavy atom. The predicted octanol–water partition coefficient (Wildman–Crippen LogP) is 2.96. The first kappa shape index (κ1) is 19.7. The fourth-order valence-electron chi connectivity index (χ4n) is 4.05. The summed E-state index contributed by atoms with van der Waals surface area (Å²) in [6, 6.07) is -0.364. The zero-order valence-corrected chi connectivity index (χ0v) is 15.9. The summed E-state index contributed by atoms with van der Waals surface area (Å²) in [6.45, 7) is 5.97. The number of hydrogen-bond acceptors (Lipinski definition) is 3. The molecule has 1 aliphatic carbocycles. The minimum atomic E-state index is -0.790. The van der Waals surface area contributed by atoms with Crippen molar-refractivity contribution in [2.75, 3.05) is 6.54 Å². The normalized spacial score (nSPS) is 27.5. The summed E-state index contributed by atoms with van der Waals surface area (Å²) in [7, 11) is 0. The van der Waals surface area contributed by atoms with Crippen LogP contribution in [-0.4, -0.2) is 40.9 Å². The Kier molecular flexibility index (Phi) is 6.85. The van der Waals surface area contributed by atoms with E-state index in [1.807, 2.05) is 13.8 Å². The Labute approximate surface area is 151 Å². The molecule has 0 aromatic rings. The number of hydrogen-bond donors (Lipinski definition) is 2. The number of imide groups is 1. The van der Waals surface area contributed by atoms with Crippen LogP contribution >= 0.6 is 0 Å². The van der Waals surface area contributed by atoms with Crippen LogP contribution in [0.15, 0.2) is 0 Å². The van der Waals surface area contributed by atoms with Crippen LogP contribution in [0.25, 0.3) is 0 Å². The van der Waals surface area contributed by atoms with Crippen molar-refractivity contribution < 1.29 is 14.4 Å². The second kappa shape index (κ2) is 8.68. The third kappa shape index (κ3) is 4.53. The third-order valence-electron chi connectivity index (χ3n) is 5.70. The summed E-state index contributed by atoms with van der Waals surface area (Å²) < 4.78 is 0. The van der Waals surface area contributed by atoms with Gasteiger partial charge in [0.15, 0.2) is 0 Å². The van der Waals surface area contributed by atoms with E-state index in [1.54, 1.807) is 0 Å². The Bertz CT molecular complexity index is 508. The fraction of sp³-hybridized carbons (Fsp3) is 0.842. The molecule has 0 unspecified atom stereocenters. The molecule has 4 amide bonds. The van der Waals surface area contributed by atoms with Gasteiger partial charge < -0.3 is 10.6 Å².